The van der Waals surface area contributed by atoms with Crippen LogP contribution < -0.4 is 0 Å². The molecule has 22 heavy (non-hydrogen) atoms. The quantitative estimate of drug-likeness (QED) is 0.454. The van der Waals surface area contributed by atoms with Gasteiger partial charge in [-0.1, -0.05) is 54.6 Å². The van der Waals surface area contributed by atoms with E-state index in [9.17, 15) is 0 Å². The van der Waals surface area contributed by atoms with Gasteiger partial charge >= 0.3 is 0 Å². The topological polar surface area (TPSA) is 38.7 Å². The number of nitrogens with zero attached hydrogens (tertiary/aromatic N) is 3. The van der Waals surface area contributed by atoms with Gasteiger partial charge in [0.05, 0.1) is 0 Å². The second kappa shape index (κ2) is 5.20. The molecule has 0 amide bonds. The second-order valence-corrected chi connectivity index (χ2v) is 5.56. The van der Waals surface area contributed by atoms with E-state index in [2.05, 4.69) is 45.3 Å². The maximum Gasteiger partial charge on any atom is 0.227 e. The molecule has 0 atom stereocenters. The fraction of sp³-hybridized carbons (Fsp3) is 0. The number of rotatable bonds is 1. The van der Waals surface area contributed by atoms with Crippen molar-refractivity contribution in [3.05, 3.63) is 65.2 Å². The zero-order valence-corrected chi connectivity index (χ0v) is 12.8. The summed E-state index contributed by atoms with van der Waals surface area (Å²) in [6, 6.07) is 18.4. The Labute approximate surface area is 136 Å². The van der Waals surface area contributed by atoms with Gasteiger partial charge < -0.3 is 0 Å². The van der Waals surface area contributed by atoms with Crippen LogP contribution in [0.2, 0.25) is 10.6 Å². The summed E-state index contributed by atoms with van der Waals surface area (Å²) in [7, 11) is 0. The van der Waals surface area contributed by atoms with Gasteiger partial charge in [0.1, 0.15) is 0 Å². The van der Waals surface area contributed by atoms with Gasteiger partial charge in [-0.05, 0) is 39.4 Å². The third-order valence-corrected chi connectivity index (χ3v) is 3.93. The molecular weight excluding hydrogens is 317 g/mol. The van der Waals surface area contributed by atoms with Gasteiger partial charge in [0.25, 0.3) is 0 Å². The van der Waals surface area contributed by atoms with Crippen LogP contribution in [-0.4, -0.2) is 15.0 Å². The Morgan fingerprint density at radius 3 is 2.14 bits per heavy atom. The predicted molar refractivity (Wildman–Crippen MR) is 90.3 cm³/mol. The lowest BCUT2D eigenvalue weighted by molar-refractivity contribution is 1.06. The summed E-state index contributed by atoms with van der Waals surface area (Å²) in [5, 5.41) is 4.68. The summed E-state index contributed by atoms with van der Waals surface area (Å²) in [5.41, 5.74) is 0.889. The number of benzene rings is 3. The predicted octanol–water partition coefficient (Wildman–Crippen LogP) is 5.15. The molecule has 0 saturated carbocycles. The van der Waals surface area contributed by atoms with Crippen LogP contribution in [0, 0.1) is 0 Å². The first kappa shape index (κ1) is 13.4. The van der Waals surface area contributed by atoms with E-state index in [4.69, 9.17) is 23.2 Å². The molecule has 1 aromatic heterocycles. The number of hydrogen-bond acceptors (Lipinski definition) is 3. The van der Waals surface area contributed by atoms with E-state index in [1.54, 1.807) is 0 Å². The summed E-state index contributed by atoms with van der Waals surface area (Å²) >= 11 is 11.8. The molecule has 5 heteroatoms. The molecule has 0 bridgehead atoms. The highest BCUT2D eigenvalue weighted by Gasteiger charge is 2.11. The molecule has 3 nitrogen and oxygen atoms in total. The second-order valence-electron chi connectivity index (χ2n) is 4.89. The molecule has 0 unspecified atom stereocenters. The lowest BCUT2D eigenvalue weighted by Gasteiger charge is -2.09. The molecule has 3 aromatic carbocycles. The van der Waals surface area contributed by atoms with Gasteiger partial charge in [-0.25, -0.2) is 0 Å². The van der Waals surface area contributed by atoms with Gasteiger partial charge in [0.2, 0.25) is 10.6 Å². The molecule has 0 radical (unpaired) electrons. The maximum absolute atomic E-state index is 5.92. The van der Waals surface area contributed by atoms with E-state index in [0.717, 1.165) is 27.1 Å². The normalized spacial score (nSPS) is 11.2. The van der Waals surface area contributed by atoms with Crippen LogP contribution in [-0.2, 0) is 0 Å². The van der Waals surface area contributed by atoms with Crippen molar-refractivity contribution < 1.29 is 0 Å². The first-order chi connectivity index (χ1) is 10.7. The highest BCUT2D eigenvalue weighted by molar-refractivity contribution is 6.31. The Balaban J connectivity index is 2.15. The summed E-state index contributed by atoms with van der Waals surface area (Å²) in [6.07, 6.45) is 0. The fourth-order valence-electron chi connectivity index (χ4n) is 2.69. The van der Waals surface area contributed by atoms with Crippen molar-refractivity contribution in [1.82, 2.24) is 15.0 Å². The van der Waals surface area contributed by atoms with Crippen molar-refractivity contribution in [1.29, 1.82) is 0 Å². The van der Waals surface area contributed by atoms with E-state index < -0.39 is 0 Å². The van der Waals surface area contributed by atoms with Crippen LogP contribution in [0.5, 0.6) is 0 Å². The van der Waals surface area contributed by atoms with Crippen molar-refractivity contribution in [2.45, 2.75) is 0 Å². The Hall–Kier alpha value is -2.23. The zero-order valence-electron chi connectivity index (χ0n) is 11.3. The lowest BCUT2D eigenvalue weighted by atomic mass is 9.97. The maximum atomic E-state index is 5.92. The highest BCUT2D eigenvalue weighted by atomic mass is 35.5. The minimum absolute atomic E-state index is 0.0900. The minimum atomic E-state index is 0.0900. The molecule has 0 aliphatic heterocycles. The lowest BCUT2D eigenvalue weighted by Crippen LogP contribution is -1.94. The first-order valence-electron chi connectivity index (χ1n) is 6.70. The minimum Gasteiger partial charge on any atom is -0.198 e. The molecule has 1 heterocycles. The van der Waals surface area contributed by atoms with Crippen LogP contribution in [0.3, 0.4) is 0 Å². The fourth-order valence-corrected chi connectivity index (χ4v) is 3.06. The van der Waals surface area contributed by atoms with Gasteiger partial charge in [-0.2, -0.15) is 15.0 Å². The van der Waals surface area contributed by atoms with Crippen LogP contribution in [0.1, 0.15) is 0 Å². The number of hydrogen-bond donors (Lipinski definition) is 0. The molecule has 0 saturated heterocycles. The summed E-state index contributed by atoms with van der Waals surface area (Å²) in [5.74, 6) is 0.479. The molecule has 0 aliphatic carbocycles. The molecule has 4 rings (SSSR count). The molecule has 4 aromatic rings. The van der Waals surface area contributed by atoms with Gasteiger partial charge in [0.15, 0.2) is 5.82 Å². The third kappa shape index (κ3) is 2.19. The smallest absolute Gasteiger partial charge is 0.198 e. The molecule has 0 fully saturated rings. The van der Waals surface area contributed by atoms with E-state index in [0.29, 0.717) is 5.82 Å². The monoisotopic (exact) mass is 325 g/mol. The van der Waals surface area contributed by atoms with Crippen LogP contribution in [0.4, 0.5) is 0 Å². The van der Waals surface area contributed by atoms with Crippen LogP contribution in [0.25, 0.3) is 32.9 Å². The average Bonchev–Trinajstić information content (AvgIpc) is 2.53. The Morgan fingerprint density at radius 1 is 0.636 bits per heavy atom. The van der Waals surface area contributed by atoms with E-state index >= 15 is 0 Å². The van der Waals surface area contributed by atoms with Crippen molar-refractivity contribution in [3.8, 4) is 11.4 Å². The standard InChI is InChI=1S/C17H9Cl2N3/c18-16-20-15(21-17(19)22-16)13-7-3-5-11-9-8-10-4-1-2-6-12(10)14(11)13/h1-9H. The summed E-state index contributed by atoms with van der Waals surface area (Å²) < 4.78 is 0. The molecule has 0 N–H and O–H groups in total. The molecular formula is C17H9Cl2N3. The molecule has 0 spiro atoms. The van der Waals surface area contributed by atoms with Gasteiger partial charge in [-0.3, -0.25) is 0 Å². The Morgan fingerprint density at radius 2 is 1.32 bits per heavy atom. The Kier molecular flexibility index (Phi) is 3.17. The zero-order chi connectivity index (χ0) is 15.1. The highest BCUT2D eigenvalue weighted by Crippen LogP contribution is 2.33. The molecule has 106 valence electrons. The van der Waals surface area contributed by atoms with Gasteiger partial charge in [-0.15, -0.1) is 0 Å². The average molecular weight is 326 g/mol. The van der Waals surface area contributed by atoms with Gasteiger partial charge in [0, 0.05) is 10.9 Å². The van der Waals surface area contributed by atoms with Crippen molar-refractivity contribution >= 4 is 44.7 Å². The van der Waals surface area contributed by atoms with Crippen LogP contribution in [0.15, 0.2) is 54.6 Å². The van der Waals surface area contributed by atoms with Crippen molar-refractivity contribution in [2.24, 2.45) is 0 Å². The molecule has 0 aliphatic rings. The van der Waals surface area contributed by atoms with Crippen LogP contribution >= 0.6 is 23.2 Å². The Bertz CT molecular complexity index is 995. The number of halogens is 2. The SMILES string of the molecule is Clc1nc(Cl)nc(-c2cccc3ccc4ccccc4c23)n1. The van der Waals surface area contributed by atoms with Crippen molar-refractivity contribution in [3.63, 3.8) is 0 Å². The third-order valence-electron chi connectivity index (χ3n) is 3.59. The largest absolute Gasteiger partial charge is 0.227 e. The summed E-state index contributed by atoms with van der Waals surface area (Å²) in [6.45, 7) is 0. The summed E-state index contributed by atoms with van der Waals surface area (Å²) in [4.78, 5) is 12.3. The van der Waals surface area contributed by atoms with E-state index in [1.807, 2.05) is 24.3 Å². The first-order valence-corrected chi connectivity index (χ1v) is 7.46. The van der Waals surface area contributed by atoms with E-state index in [1.165, 1.54) is 0 Å². The number of fused-ring (bicyclic) bond motifs is 3. The van der Waals surface area contributed by atoms with Crippen molar-refractivity contribution in [2.75, 3.05) is 0 Å². The van der Waals surface area contributed by atoms with E-state index in [-0.39, 0.29) is 10.6 Å². The number of aromatic nitrogens is 3.